The van der Waals surface area contributed by atoms with Gasteiger partial charge in [-0.2, -0.15) is 10.2 Å². The minimum absolute atomic E-state index is 0.0407. The molecule has 0 amide bonds. The third kappa shape index (κ3) is 2.48. The van der Waals surface area contributed by atoms with E-state index in [1.165, 1.54) is 6.33 Å². The summed E-state index contributed by atoms with van der Waals surface area (Å²) >= 11 is 0. The van der Waals surface area contributed by atoms with Crippen molar-refractivity contribution in [2.24, 2.45) is 10.9 Å². The molecule has 0 saturated heterocycles. The van der Waals surface area contributed by atoms with Crippen LogP contribution in [0.2, 0.25) is 0 Å². The van der Waals surface area contributed by atoms with Crippen LogP contribution in [0.1, 0.15) is 24.9 Å². The summed E-state index contributed by atoms with van der Waals surface area (Å²) in [6.07, 6.45) is 2.09. The van der Waals surface area contributed by atoms with E-state index in [0.29, 0.717) is 12.4 Å². The van der Waals surface area contributed by atoms with Crippen LogP contribution in [0.25, 0.3) is 0 Å². The molecule has 4 N–H and O–H groups in total. The average molecular weight is 244 g/mol. The Morgan fingerprint density at radius 3 is 2.67 bits per heavy atom. The number of benzene rings is 1. The summed E-state index contributed by atoms with van der Waals surface area (Å²) < 4.78 is 1.68. The fraction of sp³-hybridized carbons (Fsp3) is 0.250. The largest absolute Gasteiger partial charge is 0.368 e. The highest BCUT2D eigenvalue weighted by molar-refractivity contribution is 5.82. The topological polar surface area (TPSA) is 95.1 Å². The van der Waals surface area contributed by atoms with Gasteiger partial charge in [-0.1, -0.05) is 30.3 Å². The number of nitrogens with two attached hydrogens (primary N) is 2. The maximum Gasteiger partial charge on any atom is 0.219 e. The van der Waals surface area contributed by atoms with Crippen molar-refractivity contribution in [3.8, 4) is 0 Å². The van der Waals surface area contributed by atoms with E-state index in [2.05, 4.69) is 15.2 Å². The number of rotatable bonds is 4. The zero-order valence-electron chi connectivity index (χ0n) is 10.2. The Morgan fingerprint density at radius 2 is 2.11 bits per heavy atom. The van der Waals surface area contributed by atoms with Crippen LogP contribution >= 0.6 is 0 Å². The molecular formula is C12H16N6. The van der Waals surface area contributed by atoms with Gasteiger partial charge in [0.1, 0.15) is 6.33 Å². The molecule has 0 bridgehead atoms. The minimum Gasteiger partial charge on any atom is -0.368 e. The molecular weight excluding hydrogens is 228 g/mol. The fourth-order valence-electron chi connectivity index (χ4n) is 1.85. The predicted octanol–water partition coefficient (Wildman–Crippen LogP) is 1.17. The SMILES string of the molecule is C/C(CC(c1ccccc1)n1ncnc1N)=N\N. The van der Waals surface area contributed by atoms with Gasteiger partial charge in [-0.05, 0) is 12.5 Å². The lowest BCUT2D eigenvalue weighted by Gasteiger charge is -2.18. The molecule has 6 nitrogen and oxygen atoms in total. The van der Waals surface area contributed by atoms with E-state index < -0.39 is 0 Å². The van der Waals surface area contributed by atoms with E-state index in [1.807, 2.05) is 37.3 Å². The maximum atomic E-state index is 5.81. The van der Waals surface area contributed by atoms with Crippen LogP contribution in [-0.4, -0.2) is 20.5 Å². The number of aromatic nitrogens is 3. The Labute approximate surface area is 105 Å². The fourth-order valence-corrected chi connectivity index (χ4v) is 1.85. The average Bonchev–Trinajstić information content (AvgIpc) is 2.83. The summed E-state index contributed by atoms with van der Waals surface area (Å²) in [6, 6.07) is 9.93. The number of nitrogens with zero attached hydrogens (tertiary/aromatic N) is 4. The molecule has 0 radical (unpaired) electrons. The lowest BCUT2D eigenvalue weighted by Crippen LogP contribution is -2.18. The number of anilines is 1. The first-order valence-electron chi connectivity index (χ1n) is 5.65. The lowest BCUT2D eigenvalue weighted by atomic mass is 10.0. The van der Waals surface area contributed by atoms with Gasteiger partial charge in [-0.25, -0.2) is 9.67 Å². The van der Waals surface area contributed by atoms with Crippen molar-refractivity contribution in [1.29, 1.82) is 0 Å². The predicted molar refractivity (Wildman–Crippen MR) is 70.9 cm³/mol. The molecule has 0 saturated carbocycles. The highest BCUT2D eigenvalue weighted by Crippen LogP contribution is 2.23. The van der Waals surface area contributed by atoms with Crippen molar-refractivity contribution in [1.82, 2.24) is 14.8 Å². The van der Waals surface area contributed by atoms with Gasteiger partial charge in [0, 0.05) is 12.1 Å². The Kier molecular flexibility index (Phi) is 3.57. The summed E-state index contributed by atoms with van der Waals surface area (Å²) in [5.41, 5.74) is 7.74. The minimum atomic E-state index is -0.0407. The van der Waals surface area contributed by atoms with Gasteiger partial charge in [0.25, 0.3) is 0 Å². The van der Waals surface area contributed by atoms with Gasteiger partial charge in [-0.3, -0.25) is 0 Å². The van der Waals surface area contributed by atoms with Gasteiger partial charge in [0.15, 0.2) is 0 Å². The van der Waals surface area contributed by atoms with E-state index >= 15 is 0 Å². The van der Waals surface area contributed by atoms with Gasteiger partial charge < -0.3 is 11.6 Å². The van der Waals surface area contributed by atoms with Crippen LogP contribution in [0.5, 0.6) is 0 Å². The molecule has 1 aromatic heterocycles. The van der Waals surface area contributed by atoms with E-state index in [0.717, 1.165) is 11.3 Å². The molecule has 1 unspecified atom stereocenters. The number of nitrogen functional groups attached to an aromatic ring is 1. The summed E-state index contributed by atoms with van der Waals surface area (Å²) in [5, 5.41) is 7.87. The molecule has 2 aromatic rings. The van der Waals surface area contributed by atoms with Crippen LogP contribution in [0, 0.1) is 0 Å². The Balaban J connectivity index is 2.38. The van der Waals surface area contributed by atoms with Gasteiger partial charge in [0.2, 0.25) is 5.95 Å². The van der Waals surface area contributed by atoms with Crippen LogP contribution in [-0.2, 0) is 0 Å². The molecule has 1 aromatic carbocycles. The van der Waals surface area contributed by atoms with Gasteiger partial charge in [0.05, 0.1) is 6.04 Å². The lowest BCUT2D eigenvalue weighted by molar-refractivity contribution is 0.544. The monoisotopic (exact) mass is 244 g/mol. The van der Waals surface area contributed by atoms with Crippen LogP contribution in [0.15, 0.2) is 41.8 Å². The molecule has 0 spiro atoms. The number of hydrazone groups is 1. The summed E-state index contributed by atoms with van der Waals surface area (Å²) in [4.78, 5) is 3.95. The van der Waals surface area contributed by atoms with E-state index in [9.17, 15) is 0 Å². The molecule has 6 heteroatoms. The zero-order valence-corrected chi connectivity index (χ0v) is 10.2. The van der Waals surface area contributed by atoms with Crippen molar-refractivity contribution in [2.75, 3.05) is 5.73 Å². The van der Waals surface area contributed by atoms with E-state index in [1.54, 1.807) is 4.68 Å². The Hall–Kier alpha value is -2.37. The highest BCUT2D eigenvalue weighted by atomic mass is 15.4. The van der Waals surface area contributed by atoms with Gasteiger partial charge >= 0.3 is 0 Å². The molecule has 1 atom stereocenters. The third-order valence-electron chi connectivity index (χ3n) is 2.79. The third-order valence-corrected chi connectivity index (χ3v) is 2.79. The second-order valence-electron chi connectivity index (χ2n) is 4.06. The highest BCUT2D eigenvalue weighted by Gasteiger charge is 2.18. The molecule has 0 fully saturated rings. The van der Waals surface area contributed by atoms with E-state index in [-0.39, 0.29) is 6.04 Å². The van der Waals surface area contributed by atoms with E-state index in [4.69, 9.17) is 11.6 Å². The summed E-state index contributed by atoms with van der Waals surface area (Å²) in [7, 11) is 0. The first kappa shape index (κ1) is 12.1. The maximum absolute atomic E-state index is 5.81. The molecule has 0 aliphatic heterocycles. The standard InChI is InChI=1S/C12H16N6/c1-9(17-14)7-11(10-5-3-2-4-6-10)18-12(13)15-8-16-18/h2-6,8,11H,7,14H2,1H3,(H2,13,15,16)/b17-9+. The second-order valence-corrected chi connectivity index (χ2v) is 4.06. The van der Waals surface area contributed by atoms with Crippen molar-refractivity contribution in [3.63, 3.8) is 0 Å². The van der Waals surface area contributed by atoms with Crippen LogP contribution < -0.4 is 11.6 Å². The normalized spacial score (nSPS) is 13.5. The summed E-state index contributed by atoms with van der Waals surface area (Å²) in [5.74, 6) is 5.68. The van der Waals surface area contributed by atoms with Crippen molar-refractivity contribution < 1.29 is 0 Å². The Bertz CT molecular complexity index is 531. The van der Waals surface area contributed by atoms with Gasteiger partial charge in [-0.15, -0.1) is 0 Å². The van der Waals surface area contributed by atoms with Crippen molar-refractivity contribution in [2.45, 2.75) is 19.4 Å². The molecule has 18 heavy (non-hydrogen) atoms. The second kappa shape index (κ2) is 5.31. The summed E-state index contributed by atoms with van der Waals surface area (Å²) in [6.45, 7) is 1.88. The number of hydrogen-bond donors (Lipinski definition) is 2. The van der Waals surface area contributed by atoms with Crippen LogP contribution in [0.4, 0.5) is 5.95 Å². The molecule has 0 aliphatic carbocycles. The van der Waals surface area contributed by atoms with Crippen molar-refractivity contribution >= 4 is 11.7 Å². The first-order chi connectivity index (χ1) is 8.72. The van der Waals surface area contributed by atoms with Crippen LogP contribution in [0.3, 0.4) is 0 Å². The van der Waals surface area contributed by atoms with Crippen molar-refractivity contribution in [3.05, 3.63) is 42.2 Å². The smallest absolute Gasteiger partial charge is 0.219 e. The molecule has 1 heterocycles. The zero-order chi connectivity index (χ0) is 13.0. The molecule has 94 valence electrons. The Morgan fingerprint density at radius 1 is 1.39 bits per heavy atom. The molecule has 0 aliphatic rings. The first-order valence-corrected chi connectivity index (χ1v) is 5.65. The quantitative estimate of drug-likeness (QED) is 0.479. The molecule has 2 rings (SSSR count). The number of hydrogen-bond acceptors (Lipinski definition) is 5.